The van der Waals surface area contributed by atoms with E-state index in [0.717, 1.165) is 0 Å². The van der Waals surface area contributed by atoms with Gasteiger partial charge in [0.15, 0.2) is 0 Å². The second kappa shape index (κ2) is 11.2. The smallest absolute Gasteiger partial charge is 0.457 e. The lowest BCUT2D eigenvalue weighted by molar-refractivity contribution is -0.00845. The number of carbonyl (C=O) groups excluding carboxylic acids is 1. The van der Waals surface area contributed by atoms with Crippen LogP contribution in [0.3, 0.4) is 0 Å². The highest BCUT2D eigenvalue weighted by molar-refractivity contribution is 6.42. The maximum absolute atomic E-state index is 11.7. The van der Waals surface area contributed by atoms with Crippen LogP contribution in [-0.2, 0) is 9.47 Å². The quantitative estimate of drug-likeness (QED) is 0.280. The Morgan fingerprint density at radius 2 is 1.91 bits per heavy atom. The van der Waals surface area contributed by atoms with Gasteiger partial charge in [-0.15, -0.1) is 0 Å². The van der Waals surface area contributed by atoms with E-state index in [-0.39, 0.29) is 12.9 Å². The molecule has 0 aliphatic heterocycles. The fourth-order valence-corrected chi connectivity index (χ4v) is 3.35. The molecule has 0 radical (unpaired) electrons. The van der Waals surface area contributed by atoms with Crippen molar-refractivity contribution in [2.75, 3.05) is 12.1 Å². The molecule has 2 heterocycles. The van der Waals surface area contributed by atoms with Gasteiger partial charge in [0.25, 0.3) is 0 Å². The number of anilines is 1. The van der Waals surface area contributed by atoms with Crippen LogP contribution in [0.15, 0.2) is 55.0 Å². The summed E-state index contributed by atoms with van der Waals surface area (Å²) in [5, 5.41) is 4.38. The van der Waals surface area contributed by atoms with Crippen LogP contribution in [-0.4, -0.2) is 29.0 Å². The molecule has 0 fully saturated rings. The fraction of sp³-hybridized carbons (Fsp3) is 0.227. The average molecular weight is 497 g/mol. The Balaban J connectivity index is 1.95. The van der Waals surface area contributed by atoms with Gasteiger partial charge in [-0.1, -0.05) is 40.9 Å². The summed E-state index contributed by atoms with van der Waals surface area (Å²) in [7, 11) is 0. The second-order valence-electron chi connectivity index (χ2n) is 6.82. The number of benzene rings is 1. The van der Waals surface area contributed by atoms with E-state index in [0.29, 0.717) is 37.8 Å². The van der Waals surface area contributed by atoms with E-state index in [9.17, 15) is 4.79 Å². The van der Waals surface area contributed by atoms with Gasteiger partial charge >= 0.3 is 6.16 Å². The number of ether oxygens (including phenoxy) is 3. The zero-order valence-electron chi connectivity index (χ0n) is 17.2. The van der Waals surface area contributed by atoms with Crippen molar-refractivity contribution in [3.05, 3.63) is 81.2 Å². The minimum absolute atomic E-state index is 0.293. The number of carbonyl (C=O) groups is 1. The molecule has 2 aromatic heterocycles. The lowest BCUT2D eigenvalue weighted by Gasteiger charge is -2.24. The maximum atomic E-state index is 11.7. The van der Waals surface area contributed by atoms with E-state index < -0.39 is 12.2 Å². The van der Waals surface area contributed by atoms with Crippen LogP contribution in [0.5, 0.6) is 5.75 Å². The Morgan fingerprint density at radius 3 is 2.62 bits per heavy atom. The zero-order chi connectivity index (χ0) is 23.1. The predicted molar refractivity (Wildman–Crippen MR) is 124 cm³/mol. The number of aromatic nitrogens is 2. The monoisotopic (exact) mass is 495 g/mol. The van der Waals surface area contributed by atoms with Crippen molar-refractivity contribution in [1.29, 1.82) is 0 Å². The highest BCUT2D eigenvalue weighted by Crippen LogP contribution is 2.39. The van der Waals surface area contributed by atoms with Gasteiger partial charge in [-0.2, -0.15) is 0 Å². The van der Waals surface area contributed by atoms with Crippen LogP contribution in [0.2, 0.25) is 15.1 Å². The van der Waals surface area contributed by atoms with E-state index in [1.165, 1.54) is 6.20 Å². The van der Waals surface area contributed by atoms with Gasteiger partial charge in [-0.25, -0.2) is 9.78 Å². The summed E-state index contributed by atoms with van der Waals surface area (Å²) in [6.07, 6.45) is 3.56. The van der Waals surface area contributed by atoms with Crippen LogP contribution < -0.4 is 10.1 Å². The molecule has 10 heteroatoms. The molecule has 1 atom stereocenters. The van der Waals surface area contributed by atoms with Crippen molar-refractivity contribution < 1.29 is 19.0 Å². The molecule has 168 valence electrons. The van der Waals surface area contributed by atoms with Crippen LogP contribution >= 0.6 is 34.8 Å². The number of pyridine rings is 2. The Kier molecular flexibility index (Phi) is 8.39. The normalized spacial score (nSPS) is 11.7. The molecule has 0 saturated heterocycles. The fourth-order valence-electron chi connectivity index (χ4n) is 2.80. The molecular weight excluding hydrogens is 477 g/mol. The lowest BCUT2D eigenvalue weighted by atomic mass is 9.99. The average Bonchev–Trinajstić information content (AvgIpc) is 2.75. The minimum atomic E-state index is -0.833. The molecule has 0 amide bonds. The van der Waals surface area contributed by atoms with Crippen LogP contribution in [0.25, 0.3) is 0 Å². The molecule has 1 aromatic carbocycles. The SMILES string of the molecule is CC(C)OC(=O)OCOc1ccc(Cl)cc1C(Nc1ccccn1)c1cncc(Cl)c1Cl. The first-order valence-corrected chi connectivity index (χ1v) is 10.7. The van der Waals surface area contributed by atoms with Crippen molar-refractivity contribution in [2.45, 2.75) is 26.0 Å². The second-order valence-corrected chi connectivity index (χ2v) is 8.04. The Bertz CT molecular complexity index is 1070. The summed E-state index contributed by atoms with van der Waals surface area (Å²) >= 11 is 19.0. The molecule has 1 N–H and O–H groups in total. The Labute approximate surface area is 200 Å². The van der Waals surface area contributed by atoms with Crippen LogP contribution in [0.4, 0.5) is 10.6 Å². The molecule has 3 rings (SSSR count). The third-order valence-electron chi connectivity index (χ3n) is 4.14. The van der Waals surface area contributed by atoms with E-state index in [1.807, 2.05) is 6.07 Å². The van der Waals surface area contributed by atoms with Crippen molar-refractivity contribution in [2.24, 2.45) is 0 Å². The largest absolute Gasteiger partial charge is 0.511 e. The Morgan fingerprint density at radius 1 is 1.09 bits per heavy atom. The summed E-state index contributed by atoms with van der Waals surface area (Å²) in [6, 6.07) is 9.88. The first-order chi connectivity index (χ1) is 15.3. The number of nitrogens with zero attached hydrogens (tertiary/aromatic N) is 2. The first-order valence-electron chi connectivity index (χ1n) is 9.57. The van der Waals surface area contributed by atoms with E-state index in [1.54, 1.807) is 56.6 Å². The summed E-state index contributed by atoms with van der Waals surface area (Å²) < 4.78 is 15.6. The van der Waals surface area contributed by atoms with E-state index in [2.05, 4.69) is 15.3 Å². The van der Waals surface area contributed by atoms with Crippen molar-refractivity contribution in [3.63, 3.8) is 0 Å². The maximum Gasteiger partial charge on any atom is 0.511 e. The topological polar surface area (TPSA) is 82.6 Å². The van der Waals surface area contributed by atoms with Gasteiger partial charge < -0.3 is 19.5 Å². The molecule has 0 aliphatic rings. The Hall–Kier alpha value is -2.74. The van der Waals surface area contributed by atoms with Crippen LogP contribution in [0, 0.1) is 0 Å². The van der Waals surface area contributed by atoms with Gasteiger partial charge in [0.1, 0.15) is 11.6 Å². The number of nitrogens with one attached hydrogen (secondary N) is 1. The van der Waals surface area contributed by atoms with Crippen molar-refractivity contribution >= 4 is 46.8 Å². The minimum Gasteiger partial charge on any atom is -0.457 e. The predicted octanol–water partition coefficient (Wildman–Crippen LogP) is 6.54. The molecule has 1 unspecified atom stereocenters. The first kappa shape index (κ1) is 23.9. The number of hydrogen-bond donors (Lipinski definition) is 1. The summed E-state index contributed by atoms with van der Waals surface area (Å²) in [4.78, 5) is 20.1. The molecule has 0 saturated carbocycles. The molecule has 0 spiro atoms. The summed E-state index contributed by atoms with van der Waals surface area (Å²) in [6.45, 7) is 3.07. The summed E-state index contributed by atoms with van der Waals surface area (Å²) in [5.41, 5.74) is 1.19. The zero-order valence-corrected chi connectivity index (χ0v) is 19.5. The highest BCUT2D eigenvalue weighted by Gasteiger charge is 2.24. The van der Waals surface area contributed by atoms with E-state index in [4.69, 9.17) is 49.0 Å². The van der Waals surface area contributed by atoms with Crippen molar-refractivity contribution in [3.8, 4) is 5.75 Å². The lowest BCUT2D eigenvalue weighted by Crippen LogP contribution is -2.18. The molecule has 0 bridgehead atoms. The number of halogens is 3. The van der Waals surface area contributed by atoms with Crippen LogP contribution in [0.1, 0.15) is 31.0 Å². The van der Waals surface area contributed by atoms with Gasteiger partial charge in [0.2, 0.25) is 6.79 Å². The third-order valence-corrected chi connectivity index (χ3v) is 5.18. The molecule has 32 heavy (non-hydrogen) atoms. The number of hydrogen-bond acceptors (Lipinski definition) is 7. The third kappa shape index (κ3) is 6.38. The van der Waals surface area contributed by atoms with E-state index >= 15 is 0 Å². The molecule has 7 nitrogen and oxygen atoms in total. The molecule has 0 aliphatic carbocycles. The van der Waals surface area contributed by atoms with Gasteiger partial charge in [-0.3, -0.25) is 4.98 Å². The number of rotatable bonds is 8. The van der Waals surface area contributed by atoms with Crippen molar-refractivity contribution in [1.82, 2.24) is 9.97 Å². The highest BCUT2D eigenvalue weighted by atomic mass is 35.5. The van der Waals surface area contributed by atoms with Gasteiger partial charge in [-0.05, 0) is 44.2 Å². The molecule has 3 aromatic rings. The standard InChI is InChI=1S/C22H20Cl3N3O4/c1-13(2)32-22(29)31-12-30-18-7-6-14(23)9-15(18)21(28-19-5-3-4-8-27-19)16-10-26-11-17(24)20(16)25/h3-11,13,21H,12H2,1-2H3,(H,27,28). The van der Waals surface area contributed by atoms with Gasteiger partial charge in [0.05, 0.1) is 22.2 Å². The van der Waals surface area contributed by atoms with Gasteiger partial charge in [0, 0.05) is 34.7 Å². The molecular formula is C22H20Cl3N3O4. The summed E-state index contributed by atoms with van der Waals surface area (Å²) in [5.74, 6) is 0.979.